The number of hydrogen-bond acceptors (Lipinski definition) is 4. The summed E-state index contributed by atoms with van der Waals surface area (Å²) in [6, 6.07) is 3.92. The average Bonchev–Trinajstić information content (AvgIpc) is 2.54. The summed E-state index contributed by atoms with van der Waals surface area (Å²) in [5.74, 6) is -1.16. The van der Waals surface area contributed by atoms with Gasteiger partial charge in [-0.1, -0.05) is 12.1 Å². The van der Waals surface area contributed by atoms with E-state index in [2.05, 4.69) is 20.0 Å². The Bertz CT molecular complexity index is 778. The third kappa shape index (κ3) is 4.64. The number of amides is 1. The van der Waals surface area contributed by atoms with Gasteiger partial charge in [0.2, 0.25) is 0 Å². The second-order valence-electron chi connectivity index (χ2n) is 5.43. The molecule has 2 aromatic rings. The van der Waals surface area contributed by atoms with Crippen LogP contribution in [-0.4, -0.2) is 28.2 Å². The van der Waals surface area contributed by atoms with E-state index in [1.807, 2.05) is 0 Å². The summed E-state index contributed by atoms with van der Waals surface area (Å²) < 4.78 is 65.8. The van der Waals surface area contributed by atoms with Crippen LogP contribution in [-0.2, 0) is 0 Å². The quantitative estimate of drug-likeness (QED) is 0.808. The van der Waals surface area contributed by atoms with Crippen LogP contribution in [0.25, 0.3) is 0 Å². The largest absolute Gasteiger partial charge is 0.499 e. The van der Waals surface area contributed by atoms with Gasteiger partial charge in [-0.3, -0.25) is 9.78 Å². The Morgan fingerprint density at radius 1 is 1.12 bits per heavy atom. The standard InChI is InChI=1S/C16H14F5N3O2/c1-9-7-22-8-13(23-9)14(25)24-10(2)11-3-5-12(6-4-11)26-16(20,21)15(17,18)19/h3-8,10H,1-2H3,(H,24,25). The maximum Gasteiger partial charge on any atom is 0.499 e. The predicted molar refractivity (Wildman–Crippen MR) is 80.7 cm³/mol. The zero-order chi connectivity index (χ0) is 19.5. The molecule has 1 unspecified atom stereocenters. The lowest BCUT2D eigenvalue weighted by molar-refractivity contribution is -0.360. The third-order valence-corrected chi connectivity index (χ3v) is 3.29. The zero-order valence-corrected chi connectivity index (χ0v) is 13.6. The van der Waals surface area contributed by atoms with Gasteiger partial charge in [0.1, 0.15) is 11.4 Å². The zero-order valence-electron chi connectivity index (χ0n) is 13.6. The Morgan fingerprint density at radius 2 is 1.73 bits per heavy atom. The molecule has 140 valence electrons. The topological polar surface area (TPSA) is 64.1 Å². The number of aryl methyl sites for hydroxylation is 1. The van der Waals surface area contributed by atoms with Crippen LogP contribution in [0.1, 0.15) is 34.7 Å². The molecular weight excluding hydrogens is 361 g/mol. The SMILES string of the molecule is Cc1cncc(C(=O)NC(C)c2ccc(OC(F)(F)C(F)(F)F)cc2)n1. The molecule has 0 aliphatic rings. The Kier molecular flexibility index (Phi) is 5.43. The first-order chi connectivity index (χ1) is 12.0. The van der Waals surface area contributed by atoms with Gasteiger partial charge in [-0.05, 0) is 31.5 Å². The fourth-order valence-corrected chi connectivity index (χ4v) is 1.96. The van der Waals surface area contributed by atoms with Crippen LogP contribution in [0.2, 0.25) is 0 Å². The Hall–Kier alpha value is -2.78. The summed E-state index contributed by atoms with van der Waals surface area (Å²) in [6.07, 6.45) is -8.35. The van der Waals surface area contributed by atoms with Crippen LogP contribution in [0.3, 0.4) is 0 Å². The van der Waals surface area contributed by atoms with E-state index in [1.54, 1.807) is 13.8 Å². The van der Waals surface area contributed by atoms with Crippen molar-refractivity contribution in [2.75, 3.05) is 0 Å². The Labute approximate surface area is 145 Å². The van der Waals surface area contributed by atoms with E-state index in [-0.39, 0.29) is 5.69 Å². The summed E-state index contributed by atoms with van der Waals surface area (Å²) >= 11 is 0. The maximum atomic E-state index is 12.9. The summed E-state index contributed by atoms with van der Waals surface area (Å²) in [5.41, 5.74) is 1.13. The van der Waals surface area contributed by atoms with Crippen molar-refractivity contribution >= 4 is 5.91 Å². The molecule has 1 heterocycles. The lowest BCUT2D eigenvalue weighted by Crippen LogP contribution is -2.41. The van der Waals surface area contributed by atoms with E-state index in [1.165, 1.54) is 24.5 Å². The number of carbonyl (C=O) groups excluding carboxylic acids is 1. The van der Waals surface area contributed by atoms with Gasteiger partial charge in [-0.15, -0.1) is 0 Å². The molecular formula is C16H14F5N3O2. The van der Waals surface area contributed by atoms with Gasteiger partial charge < -0.3 is 10.1 Å². The summed E-state index contributed by atoms with van der Waals surface area (Å²) in [4.78, 5) is 19.9. The molecule has 1 aromatic carbocycles. The Morgan fingerprint density at radius 3 is 2.27 bits per heavy atom. The number of alkyl halides is 5. The average molecular weight is 375 g/mol. The molecule has 0 saturated carbocycles. The number of nitrogens with zero attached hydrogens (tertiary/aromatic N) is 2. The van der Waals surface area contributed by atoms with Crippen molar-refractivity contribution in [2.45, 2.75) is 32.2 Å². The van der Waals surface area contributed by atoms with E-state index in [0.717, 1.165) is 12.1 Å². The van der Waals surface area contributed by atoms with Gasteiger partial charge in [-0.25, -0.2) is 4.98 Å². The molecule has 10 heteroatoms. The lowest BCUT2D eigenvalue weighted by atomic mass is 10.1. The Balaban J connectivity index is 2.04. The molecule has 5 nitrogen and oxygen atoms in total. The van der Waals surface area contributed by atoms with Gasteiger partial charge in [0.15, 0.2) is 0 Å². The smallest absolute Gasteiger partial charge is 0.426 e. The summed E-state index contributed by atoms with van der Waals surface area (Å²) in [7, 11) is 0. The van der Waals surface area contributed by atoms with Gasteiger partial charge in [0, 0.05) is 6.20 Å². The van der Waals surface area contributed by atoms with Gasteiger partial charge >= 0.3 is 12.3 Å². The molecule has 0 bridgehead atoms. The van der Waals surface area contributed by atoms with Crippen molar-refractivity contribution in [3.63, 3.8) is 0 Å². The number of carbonyl (C=O) groups is 1. The van der Waals surface area contributed by atoms with Crippen LogP contribution in [0, 0.1) is 6.92 Å². The minimum Gasteiger partial charge on any atom is -0.426 e. The minimum atomic E-state index is -5.82. The normalized spacial score (nSPS) is 13.2. The number of aromatic nitrogens is 2. The van der Waals surface area contributed by atoms with Crippen molar-refractivity contribution in [2.24, 2.45) is 0 Å². The highest BCUT2D eigenvalue weighted by atomic mass is 19.4. The third-order valence-electron chi connectivity index (χ3n) is 3.29. The van der Waals surface area contributed by atoms with Gasteiger partial charge in [0.05, 0.1) is 17.9 Å². The summed E-state index contributed by atoms with van der Waals surface area (Å²) in [5, 5.41) is 2.62. The second-order valence-corrected chi connectivity index (χ2v) is 5.43. The van der Waals surface area contributed by atoms with E-state index in [9.17, 15) is 26.7 Å². The van der Waals surface area contributed by atoms with Crippen LogP contribution in [0.4, 0.5) is 22.0 Å². The molecule has 0 aliphatic carbocycles. The molecule has 0 spiro atoms. The van der Waals surface area contributed by atoms with E-state index in [0.29, 0.717) is 11.3 Å². The molecule has 0 radical (unpaired) electrons. The fourth-order valence-electron chi connectivity index (χ4n) is 1.96. The lowest BCUT2D eigenvalue weighted by Gasteiger charge is -2.20. The van der Waals surface area contributed by atoms with Crippen LogP contribution in [0.5, 0.6) is 5.75 Å². The highest BCUT2D eigenvalue weighted by Gasteiger charge is 2.61. The molecule has 0 fully saturated rings. The molecule has 1 atom stereocenters. The van der Waals surface area contributed by atoms with E-state index >= 15 is 0 Å². The molecule has 0 aliphatic heterocycles. The van der Waals surface area contributed by atoms with Crippen LogP contribution < -0.4 is 10.1 Å². The minimum absolute atomic E-state index is 0.0987. The van der Waals surface area contributed by atoms with Crippen molar-refractivity contribution in [3.05, 3.63) is 53.6 Å². The number of hydrogen-bond donors (Lipinski definition) is 1. The fraction of sp³-hybridized carbons (Fsp3) is 0.312. The van der Waals surface area contributed by atoms with Crippen LogP contribution >= 0.6 is 0 Å². The molecule has 2 rings (SSSR count). The van der Waals surface area contributed by atoms with E-state index < -0.39 is 30.0 Å². The first-order valence-corrected chi connectivity index (χ1v) is 7.32. The number of halogens is 5. The van der Waals surface area contributed by atoms with Gasteiger partial charge in [0.25, 0.3) is 5.91 Å². The number of rotatable bonds is 5. The molecule has 1 N–H and O–H groups in total. The molecule has 26 heavy (non-hydrogen) atoms. The highest BCUT2D eigenvalue weighted by Crippen LogP contribution is 2.37. The maximum absolute atomic E-state index is 12.9. The highest BCUT2D eigenvalue weighted by molar-refractivity contribution is 5.92. The molecule has 1 aromatic heterocycles. The first-order valence-electron chi connectivity index (χ1n) is 7.32. The number of nitrogens with one attached hydrogen (secondary N) is 1. The van der Waals surface area contributed by atoms with E-state index in [4.69, 9.17) is 0 Å². The van der Waals surface area contributed by atoms with Crippen molar-refractivity contribution in [1.29, 1.82) is 0 Å². The van der Waals surface area contributed by atoms with Crippen molar-refractivity contribution in [3.8, 4) is 5.75 Å². The summed E-state index contributed by atoms with van der Waals surface area (Å²) in [6.45, 7) is 3.28. The van der Waals surface area contributed by atoms with Crippen molar-refractivity contribution in [1.82, 2.24) is 15.3 Å². The number of ether oxygens (including phenoxy) is 1. The van der Waals surface area contributed by atoms with Gasteiger partial charge in [-0.2, -0.15) is 22.0 Å². The van der Waals surface area contributed by atoms with Crippen LogP contribution in [0.15, 0.2) is 36.7 Å². The molecule has 0 saturated heterocycles. The van der Waals surface area contributed by atoms with Crippen molar-refractivity contribution < 1.29 is 31.5 Å². The monoisotopic (exact) mass is 375 g/mol. The molecule has 1 amide bonds. The first kappa shape index (κ1) is 19.5. The predicted octanol–water partition coefficient (Wildman–Crippen LogP) is 3.81. The number of benzene rings is 1. The second kappa shape index (κ2) is 7.22.